The van der Waals surface area contributed by atoms with Crippen molar-refractivity contribution in [2.45, 2.75) is 45.4 Å². The van der Waals surface area contributed by atoms with Crippen LogP contribution in [0.2, 0.25) is 0 Å². The smallest absolute Gasteiger partial charge is 0.264 e. The van der Waals surface area contributed by atoms with E-state index in [1.54, 1.807) is 36.4 Å². The summed E-state index contributed by atoms with van der Waals surface area (Å²) in [6, 6.07) is 19.8. The van der Waals surface area contributed by atoms with E-state index in [0.29, 0.717) is 11.4 Å². The molecule has 1 amide bonds. The minimum atomic E-state index is -3.95. The molecule has 0 aromatic heterocycles. The molecule has 0 unspecified atom stereocenters. The monoisotopic (exact) mass is 450 g/mol. The summed E-state index contributed by atoms with van der Waals surface area (Å²) in [4.78, 5) is 13.2. The molecule has 3 aromatic carbocycles. The van der Waals surface area contributed by atoms with Crippen molar-refractivity contribution >= 4 is 27.3 Å². The summed E-state index contributed by atoms with van der Waals surface area (Å²) in [6.07, 6.45) is 0. The first-order chi connectivity index (χ1) is 15.1. The Morgan fingerprint density at radius 2 is 1.47 bits per heavy atom. The highest BCUT2D eigenvalue weighted by molar-refractivity contribution is 7.92. The third-order valence-electron chi connectivity index (χ3n) is 5.25. The molecule has 0 bridgehead atoms. The van der Waals surface area contributed by atoms with Crippen LogP contribution < -0.4 is 9.62 Å². The highest BCUT2D eigenvalue weighted by atomic mass is 32.2. The summed E-state index contributed by atoms with van der Waals surface area (Å²) >= 11 is 0. The second-order valence-corrected chi connectivity index (χ2v) is 10.3. The molecule has 0 aliphatic carbocycles. The summed E-state index contributed by atoms with van der Waals surface area (Å²) < 4.78 is 28.3. The molecule has 1 N–H and O–H groups in total. The van der Waals surface area contributed by atoms with Gasteiger partial charge in [0.15, 0.2) is 0 Å². The topological polar surface area (TPSA) is 66.5 Å². The van der Waals surface area contributed by atoms with Crippen molar-refractivity contribution < 1.29 is 13.2 Å². The lowest BCUT2D eigenvalue weighted by atomic mass is 10.0. The van der Waals surface area contributed by atoms with Crippen molar-refractivity contribution in [2.24, 2.45) is 0 Å². The normalized spacial score (nSPS) is 11.4. The van der Waals surface area contributed by atoms with Gasteiger partial charge in [0, 0.05) is 5.69 Å². The number of carbonyl (C=O) groups is 1. The predicted molar refractivity (Wildman–Crippen MR) is 131 cm³/mol. The molecule has 0 aliphatic heterocycles. The molecule has 0 fully saturated rings. The second kappa shape index (κ2) is 9.57. The van der Waals surface area contributed by atoms with Gasteiger partial charge >= 0.3 is 0 Å². The van der Waals surface area contributed by atoms with Gasteiger partial charge in [-0.05, 0) is 73.7 Å². The fraction of sp³-hybridized carbons (Fsp3) is 0.269. The third kappa shape index (κ3) is 5.37. The number of nitrogens with one attached hydrogen (secondary N) is 1. The molecule has 0 atom stereocenters. The Balaban J connectivity index is 2.00. The average Bonchev–Trinajstić information content (AvgIpc) is 2.71. The second-order valence-electron chi connectivity index (χ2n) is 8.46. The number of sulfonamides is 1. The Hall–Kier alpha value is -3.12. The van der Waals surface area contributed by atoms with Crippen LogP contribution in [-0.4, -0.2) is 20.9 Å². The van der Waals surface area contributed by atoms with E-state index in [9.17, 15) is 13.2 Å². The van der Waals surface area contributed by atoms with Crippen molar-refractivity contribution in [2.75, 3.05) is 16.2 Å². The first-order valence-electron chi connectivity index (χ1n) is 10.6. The average molecular weight is 451 g/mol. The number of aryl methyl sites for hydroxylation is 3. The lowest BCUT2D eigenvalue weighted by molar-refractivity contribution is -0.114. The summed E-state index contributed by atoms with van der Waals surface area (Å²) in [7, 11) is -3.95. The number of hydrogen-bond acceptors (Lipinski definition) is 3. The van der Waals surface area contributed by atoms with Crippen LogP contribution in [0.25, 0.3) is 0 Å². The van der Waals surface area contributed by atoms with Crippen LogP contribution in [0.3, 0.4) is 0 Å². The fourth-order valence-corrected chi connectivity index (χ4v) is 5.09. The first-order valence-corrected chi connectivity index (χ1v) is 12.1. The Morgan fingerprint density at radius 1 is 0.875 bits per heavy atom. The number of carbonyl (C=O) groups excluding carboxylic acids is 1. The van der Waals surface area contributed by atoms with Crippen LogP contribution >= 0.6 is 0 Å². The number of para-hydroxylation sites is 1. The SMILES string of the molecule is Cc1ccc(S(=O)(=O)N(CC(=O)Nc2ccccc2C(C)C)c2cc(C)cc(C)c2)cc1. The molecule has 5 nitrogen and oxygen atoms in total. The molecule has 32 heavy (non-hydrogen) atoms. The van der Waals surface area contributed by atoms with E-state index in [0.717, 1.165) is 22.3 Å². The predicted octanol–water partition coefficient (Wildman–Crippen LogP) is 5.57. The molecule has 0 saturated heterocycles. The van der Waals surface area contributed by atoms with E-state index >= 15 is 0 Å². The number of benzene rings is 3. The first kappa shape index (κ1) is 23.5. The highest BCUT2D eigenvalue weighted by Crippen LogP contribution is 2.27. The van der Waals surface area contributed by atoms with Gasteiger partial charge in [0.1, 0.15) is 6.54 Å². The molecule has 0 saturated carbocycles. The van der Waals surface area contributed by atoms with Crippen LogP contribution in [-0.2, 0) is 14.8 Å². The largest absolute Gasteiger partial charge is 0.324 e. The number of nitrogens with zero attached hydrogens (tertiary/aromatic N) is 1. The van der Waals surface area contributed by atoms with Crippen molar-refractivity contribution in [1.29, 1.82) is 0 Å². The van der Waals surface area contributed by atoms with Gasteiger partial charge in [-0.2, -0.15) is 0 Å². The Kier molecular flexibility index (Phi) is 7.04. The van der Waals surface area contributed by atoms with Crippen LogP contribution in [0, 0.1) is 20.8 Å². The number of anilines is 2. The maximum Gasteiger partial charge on any atom is 0.264 e. The van der Waals surface area contributed by atoms with Crippen molar-refractivity contribution in [3.63, 3.8) is 0 Å². The summed E-state index contributed by atoms with van der Waals surface area (Å²) in [5.74, 6) is -0.175. The van der Waals surface area contributed by atoms with E-state index in [2.05, 4.69) is 19.2 Å². The number of amides is 1. The lowest BCUT2D eigenvalue weighted by Crippen LogP contribution is -2.38. The minimum absolute atomic E-state index is 0.151. The van der Waals surface area contributed by atoms with Crippen molar-refractivity contribution in [3.05, 3.63) is 89.0 Å². The maximum atomic E-state index is 13.6. The van der Waals surface area contributed by atoms with Gasteiger partial charge in [-0.1, -0.05) is 55.8 Å². The van der Waals surface area contributed by atoms with Crippen LogP contribution in [0.5, 0.6) is 0 Å². The summed E-state index contributed by atoms with van der Waals surface area (Å²) in [5, 5.41) is 2.91. The van der Waals surface area contributed by atoms with Crippen molar-refractivity contribution in [1.82, 2.24) is 0 Å². The zero-order valence-corrected chi connectivity index (χ0v) is 20.0. The quantitative estimate of drug-likeness (QED) is 0.512. The fourth-order valence-electron chi connectivity index (χ4n) is 3.68. The molecular weight excluding hydrogens is 420 g/mol. The number of rotatable bonds is 7. The van der Waals surface area contributed by atoms with E-state index in [4.69, 9.17) is 0 Å². The van der Waals surface area contributed by atoms with E-state index in [1.807, 2.05) is 51.1 Å². The molecule has 168 valence electrons. The Labute approximate surface area is 191 Å². The van der Waals surface area contributed by atoms with Crippen LogP contribution in [0.15, 0.2) is 71.6 Å². The third-order valence-corrected chi connectivity index (χ3v) is 7.04. The summed E-state index contributed by atoms with van der Waals surface area (Å²) in [5.41, 5.74) is 4.98. The molecule has 3 aromatic rings. The van der Waals surface area contributed by atoms with Gasteiger partial charge in [-0.15, -0.1) is 0 Å². The van der Waals surface area contributed by atoms with Crippen LogP contribution in [0.4, 0.5) is 11.4 Å². The van der Waals surface area contributed by atoms with E-state index in [-0.39, 0.29) is 17.4 Å². The van der Waals surface area contributed by atoms with Crippen LogP contribution in [0.1, 0.15) is 42.0 Å². The minimum Gasteiger partial charge on any atom is -0.324 e. The zero-order chi connectivity index (χ0) is 23.5. The van der Waals surface area contributed by atoms with Gasteiger partial charge in [-0.3, -0.25) is 9.10 Å². The number of hydrogen-bond donors (Lipinski definition) is 1. The van der Waals surface area contributed by atoms with E-state index in [1.165, 1.54) is 4.31 Å². The molecule has 0 aliphatic rings. The Morgan fingerprint density at radius 3 is 2.06 bits per heavy atom. The van der Waals surface area contributed by atoms with Crippen molar-refractivity contribution in [3.8, 4) is 0 Å². The van der Waals surface area contributed by atoms with Gasteiger partial charge < -0.3 is 5.32 Å². The molecule has 3 rings (SSSR count). The molecule has 6 heteroatoms. The lowest BCUT2D eigenvalue weighted by Gasteiger charge is -2.25. The van der Waals surface area contributed by atoms with Gasteiger partial charge in [0.25, 0.3) is 10.0 Å². The molecule has 0 spiro atoms. The Bertz CT molecular complexity index is 1200. The zero-order valence-electron chi connectivity index (χ0n) is 19.2. The molecular formula is C26H30N2O3S. The highest BCUT2D eigenvalue weighted by Gasteiger charge is 2.28. The van der Waals surface area contributed by atoms with Gasteiger partial charge in [-0.25, -0.2) is 8.42 Å². The van der Waals surface area contributed by atoms with E-state index < -0.39 is 15.9 Å². The van der Waals surface area contributed by atoms with Gasteiger partial charge in [0.05, 0.1) is 10.6 Å². The van der Waals surface area contributed by atoms with Gasteiger partial charge in [0.2, 0.25) is 5.91 Å². The molecule has 0 radical (unpaired) electrons. The summed E-state index contributed by atoms with van der Waals surface area (Å²) in [6.45, 7) is 9.49. The standard InChI is InChI=1S/C26H30N2O3S/c1-18(2)24-8-6-7-9-25(24)27-26(29)17-28(22-15-20(4)14-21(5)16-22)32(30,31)23-12-10-19(3)11-13-23/h6-16,18H,17H2,1-5H3,(H,27,29). The maximum absolute atomic E-state index is 13.6. The molecule has 0 heterocycles.